The zero-order valence-electron chi connectivity index (χ0n) is 22.7. The lowest BCUT2D eigenvalue weighted by Crippen LogP contribution is -2.50. The molecule has 38 heavy (non-hydrogen) atoms. The number of ether oxygens (including phenoxy) is 1. The highest BCUT2D eigenvalue weighted by Gasteiger charge is 2.31. The standard InChI is InChI=1S/C31H37N3O4/c1-5-21(3)32-30(36)26(6-2)34(20-22-11-7-14-24(19-22)38-4)28(35)17-10-18-33-27-16-9-13-23-12-8-15-25(29(23)27)31(33)37/h7-9,11-16,19,21,26H,5-6,10,17-18,20H2,1-4H3,(H,32,36)/t21-,26-/m0/s1. The Morgan fingerprint density at radius 1 is 1.03 bits per heavy atom. The molecule has 0 fully saturated rings. The number of hydrogen-bond donors (Lipinski definition) is 1. The number of carbonyl (C=O) groups is 3. The van der Waals surface area contributed by atoms with Crippen molar-refractivity contribution in [1.29, 1.82) is 0 Å². The van der Waals surface area contributed by atoms with Gasteiger partial charge in [-0.3, -0.25) is 14.4 Å². The molecule has 1 N–H and O–H groups in total. The van der Waals surface area contributed by atoms with Crippen molar-refractivity contribution in [1.82, 2.24) is 10.2 Å². The molecule has 7 nitrogen and oxygen atoms in total. The second-order valence-electron chi connectivity index (χ2n) is 9.86. The molecule has 0 aliphatic carbocycles. The van der Waals surface area contributed by atoms with E-state index in [0.29, 0.717) is 37.2 Å². The lowest BCUT2D eigenvalue weighted by Gasteiger charge is -2.32. The number of nitrogens with zero attached hydrogens (tertiary/aromatic N) is 2. The summed E-state index contributed by atoms with van der Waals surface area (Å²) in [4.78, 5) is 43.4. The second kappa shape index (κ2) is 12.1. The molecule has 2 atom stereocenters. The molecular weight excluding hydrogens is 478 g/mol. The van der Waals surface area contributed by atoms with Crippen LogP contribution in [0.3, 0.4) is 0 Å². The lowest BCUT2D eigenvalue weighted by molar-refractivity contribution is -0.141. The van der Waals surface area contributed by atoms with Gasteiger partial charge in [0.05, 0.1) is 12.8 Å². The van der Waals surface area contributed by atoms with Crippen molar-refractivity contribution in [3.05, 3.63) is 71.8 Å². The highest BCUT2D eigenvalue weighted by molar-refractivity contribution is 6.25. The summed E-state index contributed by atoms with van der Waals surface area (Å²) in [5, 5.41) is 5.05. The number of anilines is 1. The van der Waals surface area contributed by atoms with E-state index in [1.165, 1.54) is 0 Å². The van der Waals surface area contributed by atoms with Gasteiger partial charge in [-0.2, -0.15) is 0 Å². The van der Waals surface area contributed by atoms with Crippen LogP contribution in [0.15, 0.2) is 60.7 Å². The molecule has 0 saturated heterocycles. The number of carbonyl (C=O) groups excluding carboxylic acids is 3. The lowest BCUT2D eigenvalue weighted by atomic mass is 10.1. The van der Waals surface area contributed by atoms with E-state index in [9.17, 15) is 14.4 Å². The van der Waals surface area contributed by atoms with E-state index in [2.05, 4.69) is 5.32 Å². The van der Waals surface area contributed by atoms with Crippen molar-refractivity contribution in [3.8, 4) is 5.75 Å². The van der Waals surface area contributed by atoms with Crippen LogP contribution >= 0.6 is 0 Å². The first kappa shape index (κ1) is 27.2. The number of rotatable bonds is 12. The zero-order chi connectivity index (χ0) is 27.2. The molecule has 0 spiro atoms. The monoisotopic (exact) mass is 515 g/mol. The Hall–Kier alpha value is -3.87. The molecule has 0 radical (unpaired) electrons. The van der Waals surface area contributed by atoms with Gasteiger partial charge in [0.1, 0.15) is 11.8 Å². The van der Waals surface area contributed by atoms with Crippen LogP contribution in [0.5, 0.6) is 5.75 Å². The van der Waals surface area contributed by atoms with Crippen molar-refractivity contribution < 1.29 is 19.1 Å². The summed E-state index contributed by atoms with van der Waals surface area (Å²) >= 11 is 0. The number of nitrogens with one attached hydrogen (secondary N) is 1. The predicted octanol–water partition coefficient (Wildman–Crippen LogP) is 5.31. The topological polar surface area (TPSA) is 79.0 Å². The fraction of sp³-hybridized carbons (Fsp3) is 0.387. The van der Waals surface area contributed by atoms with E-state index in [1.807, 2.05) is 81.4 Å². The van der Waals surface area contributed by atoms with Gasteiger partial charge in [0.2, 0.25) is 11.8 Å². The Morgan fingerprint density at radius 3 is 2.47 bits per heavy atom. The smallest absolute Gasteiger partial charge is 0.258 e. The van der Waals surface area contributed by atoms with Crippen LogP contribution < -0.4 is 15.0 Å². The van der Waals surface area contributed by atoms with Crippen LogP contribution in [0.4, 0.5) is 5.69 Å². The van der Waals surface area contributed by atoms with Gasteiger partial charge in [-0.05, 0) is 61.4 Å². The Bertz CT molecular complexity index is 1320. The summed E-state index contributed by atoms with van der Waals surface area (Å²) < 4.78 is 5.36. The first-order chi connectivity index (χ1) is 18.4. The Morgan fingerprint density at radius 2 is 1.76 bits per heavy atom. The van der Waals surface area contributed by atoms with E-state index in [4.69, 9.17) is 4.74 Å². The normalized spacial score (nSPS) is 13.9. The van der Waals surface area contributed by atoms with Crippen LogP contribution in [-0.2, 0) is 16.1 Å². The van der Waals surface area contributed by atoms with E-state index in [1.54, 1.807) is 16.9 Å². The first-order valence-electron chi connectivity index (χ1n) is 13.4. The third kappa shape index (κ3) is 5.67. The minimum Gasteiger partial charge on any atom is -0.497 e. The zero-order valence-corrected chi connectivity index (χ0v) is 22.7. The SMILES string of the molecule is CC[C@H](C)NC(=O)[C@H](CC)N(Cc1cccc(OC)c1)C(=O)CCCN1C(=O)c2cccc3cccc1c23. The molecule has 3 aromatic carbocycles. The minimum atomic E-state index is -0.589. The maximum atomic E-state index is 13.6. The maximum absolute atomic E-state index is 13.6. The molecule has 1 heterocycles. The fourth-order valence-electron chi connectivity index (χ4n) is 5.06. The molecule has 1 aliphatic rings. The largest absolute Gasteiger partial charge is 0.497 e. The van der Waals surface area contributed by atoms with Crippen molar-refractivity contribution in [2.24, 2.45) is 0 Å². The summed E-state index contributed by atoms with van der Waals surface area (Å²) in [6.45, 7) is 6.64. The molecule has 0 aromatic heterocycles. The number of amides is 3. The van der Waals surface area contributed by atoms with Crippen LogP contribution in [-0.4, -0.2) is 48.4 Å². The molecule has 7 heteroatoms. The maximum Gasteiger partial charge on any atom is 0.258 e. The van der Waals surface area contributed by atoms with Gasteiger partial charge >= 0.3 is 0 Å². The van der Waals surface area contributed by atoms with Gasteiger partial charge < -0.3 is 19.9 Å². The van der Waals surface area contributed by atoms with Crippen LogP contribution in [0.2, 0.25) is 0 Å². The minimum absolute atomic E-state index is 0.0239. The van der Waals surface area contributed by atoms with Gasteiger partial charge in [0, 0.05) is 36.5 Å². The van der Waals surface area contributed by atoms with Gasteiger partial charge in [-0.25, -0.2) is 0 Å². The van der Waals surface area contributed by atoms with Crippen LogP contribution in [0.25, 0.3) is 10.8 Å². The van der Waals surface area contributed by atoms with Gasteiger partial charge in [-0.1, -0.05) is 50.2 Å². The third-order valence-electron chi connectivity index (χ3n) is 7.30. The van der Waals surface area contributed by atoms with E-state index < -0.39 is 6.04 Å². The molecular formula is C31H37N3O4. The Balaban J connectivity index is 1.50. The second-order valence-corrected chi connectivity index (χ2v) is 9.86. The molecule has 0 saturated carbocycles. The molecule has 3 aromatic rings. The molecule has 0 unspecified atom stereocenters. The third-order valence-corrected chi connectivity index (χ3v) is 7.30. The summed E-state index contributed by atoms with van der Waals surface area (Å²) in [6.07, 6.45) is 2.03. The summed E-state index contributed by atoms with van der Waals surface area (Å²) in [6, 6.07) is 18.7. The van der Waals surface area contributed by atoms with Gasteiger partial charge in [-0.15, -0.1) is 0 Å². The molecule has 0 bridgehead atoms. The Kier molecular flexibility index (Phi) is 8.66. The van der Waals surface area contributed by atoms with Crippen molar-refractivity contribution in [2.45, 2.75) is 65.1 Å². The van der Waals surface area contributed by atoms with E-state index in [-0.39, 0.29) is 30.2 Å². The fourth-order valence-corrected chi connectivity index (χ4v) is 5.06. The van der Waals surface area contributed by atoms with Crippen molar-refractivity contribution >= 4 is 34.2 Å². The van der Waals surface area contributed by atoms with E-state index in [0.717, 1.165) is 28.4 Å². The summed E-state index contributed by atoms with van der Waals surface area (Å²) in [7, 11) is 1.61. The van der Waals surface area contributed by atoms with Crippen LogP contribution in [0.1, 0.15) is 62.4 Å². The first-order valence-corrected chi connectivity index (χ1v) is 13.4. The molecule has 200 valence electrons. The van der Waals surface area contributed by atoms with Gasteiger partial charge in [0.15, 0.2) is 0 Å². The molecule has 3 amide bonds. The molecule has 4 rings (SSSR count). The van der Waals surface area contributed by atoms with E-state index >= 15 is 0 Å². The van der Waals surface area contributed by atoms with Crippen molar-refractivity contribution in [2.75, 3.05) is 18.6 Å². The average molecular weight is 516 g/mol. The Labute approximate surface area is 224 Å². The van der Waals surface area contributed by atoms with Crippen molar-refractivity contribution in [3.63, 3.8) is 0 Å². The quantitative estimate of drug-likeness (QED) is 0.355. The summed E-state index contributed by atoms with van der Waals surface area (Å²) in [5.74, 6) is 0.418. The number of benzene rings is 3. The molecule has 1 aliphatic heterocycles. The van der Waals surface area contributed by atoms with Gasteiger partial charge in [0.25, 0.3) is 5.91 Å². The number of hydrogen-bond acceptors (Lipinski definition) is 4. The highest BCUT2D eigenvalue weighted by atomic mass is 16.5. The summed E-state index contributed by atoms with van der Waals surface area (Å²) in [5.41, 5.74) is 2.49. The number of methoxy groups -OCH3 is 1. The predicted molar refractivity (Wildman–Crippen MR) is 150 cm³/mol. The average Bonchev–Trinajstić information content (AvgIpc) is 3.21. The highest BCUT2D eigenvalue weighted by Crippen LogP contribution is 2.37. The van der Waals surface area contributed by atoms with Crippen LogP contribution in [0, 0.1) is 0 Å².